The molecule has 0 spiro atoms. The lowest BCUT2D eigenvalue weighted by Crippen LogP contribution is -2.00. The second-order valence-corrected chi connectivity index (χ2v) is 13.2. The average Bonchev–Trinajstić information content (AvgIpc) is 3.20. The van der Waals surface area contributed by atoms with E-state index in [2.05, 4.69) is 109 Å². The van der Waals surface area contributed by atoms with Crippen LogP contribution in [-0.2, 0) is 6.42 Å². The van der Waals surface area contributed by atoms with Gasteiger partial charge >= 0.3 is 0 Å². The quantitative estimate of drug-likeness (QED) is 0.159. The molecule has 0 aliphatic carbocycles. The number of pyridine rings is 1. The zero-order chi connectivity index (χ0) is 34.9. The third-order valence-corrected chi connectivity index (χ3v) is 9.57. The first-order chi connectivity index (χ1) is 25.6. The molecule has 0 amide bonds. The molecule has 0 atom stereocenters. The van der Waals surface area contributed by atoms with Gasteiger partial charge < -0.3 is 0 Å². The van der Waals surface area contributed by atoms with Crippen LogP contribution in [0.1, 0.15) is 17.0 Å². The van der Waals surface area contributed by atoms with Crippen molar-refractivity contribution in [3.63, 3.8) is 0 Å². The molecule has 7 aromatic carbocycles. The Morgan fingerprint density at radius 3 is 1.48 bits per heavy atom. The van der Waals surface area contributed by atoms with Gasteiger partial charge in [0, 0.05) is 34.5 Å². The van der Waals surface area contributed by atoms with E-state index in [4.69, 9.17) is 19.9 Å². The second-order valence-electron chi connectivity index (χ2n) is 13.2. The van der Waals surface area contributed by atoms with Crippen LogP contribution in [0.5, 0.6) is 0 Å². The molecule has 246 valence electrons. The summed E-state index contributed by atoms with van der Waals surface area (Å²) in [7, 11) is 0. The summed E-state index contributed by atoms with van der Waals surface area (Å²) >= 11 is 0. The minimum Gasteiger partial charge on any atom is -0.258 e. The van der Waals surface area contributed by atoms with Crippen LogP contribution < -0.4 is 0 Å². The Balaban J connectivity index is 1.26. The molecule has 0 bridgehead atoms. The average molecular weight is 667 g/mol. The van der Waals surface area contributed by atoms with E-state index in [1.54, 1.807) is 0 Å². The van der Waals surface area contributed by atoms with Crippen molar-refractivity contribution in [1.29, 1.82) is 0 Å². The maximum atomic E-state index is 5.13. The van der Waals surface area contributed by atoms with Crippen molar-refractivity contribution in [2.24, 2.45) is 0 Å². The zero-order valence-corrected chi connectivity index (χ0v) is 28.7. The van der Waals surface area contributed by atoms with Crippen LogP contribution in [-0.4, -0.2) is 19.9 Å². The van der Waals surface area contributed by atoms with Gasteiger partial charge in [-0.1, -0.05) is 140 Å². The van der Waals surface area contributed by atoms with E-state index in [-0.39, 0.29) is 0 Å². The third-order valence-electron chi connectivity index (χ3n) is 9.57. The lowest BCUT2D eigenvalue weighted by atomic mass is 9.89. The van der Waals surface area contributed by atoms with Gasteiger partial charge in [0.05, 0.1) is 0 Å². The Labute approximate surface area is 303 Å². The summed E-state index contributed by atoms with van der Waals surface area (Å²) in [4.78, 5) is 20.0. The summed E-state index contributed by atoms with van der Waals surface area (Å²) in [6.07, 6.45) is 0.782. The molecule has 0 aliphatic heterocycles. The predicted molar refractivity (Wildman–Crippen MR) is 214 cm³/mol. The number of aryl methyl sites for hydroxylation is 1. The minimum absolute atomic E-state index is 0.627. The fourth-order valence-electron chi connectivity index (χ4n) is 7.05. The van der Waals surface area contributed by atoms with Gasteiger partial charge in [-0.25, -0.2) is 15.0 Å². The van der Waals surface area contributed by atoms with Crippen molar-refractivity contribution < 1.29 is 0 Å². The first-order valence-corrected chi connectivity index (χ1v) is 17.6. The van der Waals surface area contributed by atoms with Crippen molar-refractivity contribution in [2.75, 3.05) is 0 Å². The molecule has 0 radical (unpaired) electrons. The zero-order valence-electron chi connectivity index (χ0n) is 28.7. The molecule has 2 heterocycles. The summed E-state index contributed by atoms with van der Waals surface area (Å²) in [5.74, 6) is 1.91. The lowest BCUT2D eigenvalue weighted by Gasteiger charge is -2.16. The highest BCUT2D eigenvalue weighted by atomic mass is 15.0. The minimum atomic E-state index is 0.627. The van der Waals surface area contributed by atoms with E-state index in [9.17, 15) is 0 Å². The fraction of sp³-hybridized carbons (Fsp3) is 0.0417. The topological polar surface area (TPSA) is 51.6 Å². The predicted octanol–water partition coefficient (Wildman–Crippen LogP) is 11.8. The Kier molecular flexibility index (Phi) is 8.11. The summed E-state index contributed by atoms with van der Waals surface area (Å²) in [6.45, 7) is 2.04. The number of nitrogens with zero attached hydrogens (tertiary/aromatic N) is 4. The number of hydrogen-bond donors (Lipinski definition) is 0. The third kappa shape index (κ3) is 6.23. The van der Waals surface area contributed by atoms with Gasteiger partial charge in [-0.2, -0.15) is 0 Å². The van der Waals surface area contributed by atoms with Crippen molar-refractivity contribution in [1.82, 2.24) is 19.9 Å². The van der Waals surface area contributed by atoms with Crippen LogP contribution in [0.15, 0.2) is 176 Å². The highest BCUT2D eigenvalue weighted by Gasteiger charge is 2.17. The molecule has 0 aliphatic rings. The maximum absolute atomic E-state index is 5.13. The van der Waals surface area contributed by atoms with Crippen LogP contribution in [0.25, 0.3) is 78.0 Å². The number of benzene rings is 7. The van der Waals surface area contributed by atoms with Crippen molar-refractivity contribution in [3.8, 4) is 56.4 Å². The fourth-order valence-corrected chi connectivity index (χ4v) is 7.05. The van der Waals surface area contributed by atoms with E-state index in [0.29, 0.717) is 17.5 Å². The normalized spacial score (nSPS) is 11.2. The smallest absolute Gasteiger partial charge is 0.164 e. The van der Waals surface area contributed by atoms with Gasteiger partial charge in [-0.05, 0) is 92.7 Å². The molecule has 52 heavy (non-hydrogen) atoms. The van der Waals surface area contributed by atoms with Crippen LogP contribution >= 0.6 is 0 Å². The van der Waals surface area contributed by atoms with Crippen LogP contribution in [0, 0.1) is 6.92 Å². The molecule has 0 unspecified atom stereocenters. The van der Waals surface area contributed by atoms with Gasteiger partial charge in [0.1, 0.15) is 0 Å². The first-order valence-electron chi connectivity index (χ1n) is 17.6. The van der Waals surface area contributed by atoms with Crippen molar-refractivity contribution in [2.45, 2.75) is 13.3 Å². The molecule has 0 N–H and O–H groups in total. The molecule has 0 fully saturated rings. The van der Waals surface area contributed by atoms with Gasteiger partial charge in [0.25, 0.3) is 0 Å². The Hall–Kier alpha value is -6.78. The highest BCUT2D eigenvalue weighted by Crippen LogP contribution is 2.40. The molecular weight excluding hydrogens is 633 g/mol. The molecule has 2 aromatic heterocycles. The Morgan fingerprint density at radius 1 is 0.365 bits per heavy atom. The van der Waals surface area contributed by atoms with E-state index in [0.717, 1.165) is 51.2 Å². The van der Waals surface area contributed by atoms with Crippen LogP contribution in [0.3, 0.4) is 0 Å². The van der Waals surface area contributed by atoms with Gasteiger partial charge in [-0.15, -0.1) is 0 Å². The van der Waals surface area contributed by atoms with Crippen molar-refractivity contribution >= 4 is 21.5 Å². The molecule has 9 aromatic rings. The standard InChI is InChI=1S/C48H34N4/c1-32-13-12-20-42(49-32)27-33-23-25-34(26-24-33)39-29-40(45-43-21-10-8-18-37(43)28-38-19-9-11-22-44(38)45)31-41(30-39)48-51-46(35-14-4-2-5-15-35)50-47(52-48)36-16-6-3-7-17-36/h2-26,28-31H,27H2,1H3. The number of aromatic nitrogens is 4. The number of rotatable bonds is 7. The summed E-state index contributed by atoms with van der Waals surface area (Å²) in [5.41, 5.74) is 10.6. The SMILES string of the molecule is Cc1cccc(Cc2ccc(-c3cc(-c4nc(-c5ccccc5)nc(-c5ccccc5)n4)cc(-c4c5ccccc5cc5ccccc45)c3)cc2)n1. The van der Waals surface area contributed by atoms with Gasteiger partial charge in [0.15, 0.2) is 17.5 Å². The lowest BCUT2D eigenvalue weighted by molar-refractivity contribution is 1.04. The van der Waals surface area contributed by atoms with Crippen LogP contribution in [0.4, 0.5) is 0 Å². The van der Waals surface area contributed by atoms with Crippen molar-refractivity contribution in [3.05, 3.63) is 193 Å². The van der Waals surface area contributed by atoms with Gasteiger partial charge in [-0.3, -0.25) is 4.98 Å². The number of fused-ring (bicyclic) bond motifs is 2. The highest BCUT2D eigenvalue weighted by molar-refractivity contribution is 6.13. The molecule has 0 saturated carbocycles. The summed E-state index contributed by atoms with van der Waals surface area (Å²) < 4.78 is 0. The van der Waals surface area contributed by atoms with E-state index < -0.39 is 0 Å². The first kappa shape index (κ1) is 31.2. The van der Waals surface area contributed by atoms with Gasteiger partial charge in [0.2, 0.25) is 0 Å². The molecule has 9 rings (SSSR count). The van der Waals surface area contributed by atoms with Crippen LogP contribution in [0.2, 0.25) is 0 Å². The molecular formula is C48H34N4. The summed E-state index contributed by atoms with van der Waals surface area (Å²) in [5, 5.41) is 4.82. The molecule has 4 heteroatoms. The van der Waals surface area contributed by atoms with E-state index >= 15 is 0 Å². The maximum Gasteiger partial charge on any atom is 0.164 e. The summed E-state index contributed by atoms with van der Waals surface area (Å²) in [6, 6.07) is 61.7. The second kappa shape index (κ2) is 13.5. The molecule has 0 saturated heterocycles. The largest absolute Gasteiger partial charge is 0.258 e. The Bertz CT molecular complexity index is 2590. The van der Waals surface area contributed by atoms with E-state index in [1.807, 2.05) is 73.7 Å². The number of hydrogen-bond acceptors (Lipinski definition) is 4. The molecule has 4 nitrogen and oxygen atoms in total. The monoisotopic (exact) mass is 666 g/mol. The van der Waals surface area contributed by atoms with E-state index in [1.165, 1.54) is 32.7 Å². The Morgan fingerprint density at radius 2 is 0.885 bits per heavy atom.